The lowest BCUT2D eigenvalue weighted by Gasteiger charge is -2.02. The van der Waals surface area contributed by atoms with Gasteiger partial charge in [-0.2, -0.15) is 0 Å². The normalized spacial score (nSPS) is 11.9. The summed E-state index contributed by atoms with van der Waals surface area (Å²) >= 11 is 0. The minimum Gasteiger partial charge on any atom is -0.223 e. The molecule has 110 valence electrons. The molecule has 0 saturated carbocycles. The molecule has 0 unspecified atom stereocenters. The van der Waals surface area contributed by atoms with Crippen molar-refractivity contribution in [1.82, 2.24) is 0 Å². The van der Waals surface area contributed by atoms with Crippen molar-refractivity contribution in [3.63, 3.8) is 0 Å². The van der Waals surface area contributed by atoms with E-state index in [1.165, 1.54) is 5.56 Å². The summed E-state index contributed by atoms with van der Waals surface area (Å²) in [5, 5.41) is 0. The van der Waals surface area contributed by atoms with Gasteiger partial charge in [-0.1, -0.05) is 60.2 Å². The first kappa shape index (κ1) is 15.5. The summed E-state index contributed by atoms with van der Waals surface area (Å²) < 4.78 is 24.3. The largest absolute Gasteiger partial charge is 0.223 e. The van der Waals surface area contributed by atoms with Crippen LogP contribution in [0, 0.1) is 6.92 Å². The zero-order chi connectivity index (χ0) is 15.1. The number of allylic oxidation sites excluding steroid dienone is 1. The number of hydrogen-bond acceptors (Lipinski definition) is 2. The molecule has 0 spiro atoms. The minimum atomic E-state index is -3.21. The Morgan fingerprint density at radius 2 is 1.57 bits per heavy atom. The Bertz CT molecular complexity index is 684. The molecular weight excluding hydrogens is 280 g/mol. The van der Waals surface area contributed by atoms with Crippen LogP contribution in [-0.2, 0) is 16.3 Å². The lowest BCUT2D eigenvalue weighted by Crippen LogP contribution is -2.04. The van der Waals surface area contributed by atoms with Crippen LogP contribution in [0.2, 0.25) is 0 Å². The summed E-state index contributed by atoms with van der Waals surface area (Å²) in [6.07, 6.45) is 5.48. The topological polar surface area (TPSA) is 34.1 Å². The van der Waals surface area contributed by atoms with Crippen molar-refractivity contribution in [3.05, 3.63) is 77.9 Å². The third kappa shape index (κ3) is 4.87. The number of sulfone groups is 1. The highest BCUT2D eigenvalue weighted by atomic mass is 32.2. The SMILES string of the molecule is Cc1ccc(S(=O)(=O)C/C=C\CCc2ccccc2)cc1. The number of benzene rings is 2. The molecular formula is C18H20O2S. The zero-order valence-corrected chi connectivity index (χ0v) is 13.0. The van der Waals surface area contributed by atoms with Gasteiger partial charge < -0.3 is 0 Å². The van der Waals surface area contributed by atoms with E-state index < -0.39 is 9.84 Å². The highest BCUT2D eigenvalue weighted by Crippen LogP contribution is 2.12. The van der Waals surface area contributed by atoms with Gasteiger partial charge in [-0.25, -0.2) is 8.42 Å². The molecule has 0 bridgehead atoms. The van der Waals surface area contributed by atoms with Gasteiger partial charge in [0.25, 0.3) is 0 Å². The van der Waals surface area contributed by atoms with Gasteiger partial charge >= 0.3 is 0 Å². The molecule has 0 aliphatic heterocycles. The van der Waals surface area contributed by atoms with Gasteiger partial charge in [-0.15, -0.1) is 0 Å². The van der Waals surface area contributed by atoms with Gasteiger partial charge in [-0.05, 0) is 37.5 Å². The first-order chi connectivity index (χ1) is 10.1. The van der Waals surface area contributed by atoms with E-state index in [1.54, 1.807) is 18.2 Å². The fourth-order valence-electron chi connectivity index (χ4n) is 2.05. The van der Waals surface area contributed by atoms with Crippen molar-refractivity contribution in [1.29, 1.82) is 0 Å². The van der Waals surface area contributed by atoms with Crippen molar-refractivity contribution in [2.45, 2.75) is 24.7 Å². The Labute approximate surface area is 127 Å². The summed E-state index contributed by atoms with van der Waals surface area (Å²) in [7, 11) is -3.21. The number of hydrogen-bond donors (Lipinski definition) is 0. The minimum absolute atomic E-state index is 0.0604. The third-order valence-electron chi connectivity index (χ3n) is 3.30. The number of aryl methyl sites for hydroxylation is 2. The Balaban J connectivity index is 1.87. The van der Waals surface area contributed by atoms with Gasteiger partial charge in [0.2, 0.25) is 0 Å². The fourth-order valence-corrected chi connectivity index (χ4v) is 3.18. The van der Waals surface area contributed by atoms with Gasteiger partial charge in [-0.3, -0.25) is 0 Å². The summed E-state index contributed by atoms with van der Waals surface area (Å²) in [5.41, 5.74) is 2.33. The van der Waals surface area contributed by atoms with Crippen molar-refractivity contribution in [3.8, 4) is 0 Å². The molecule has 0 aliphatic carbocycles. The van der Waals surface area contributed by atoms with Crippen LogP contribution in [0.5, 0.6) is 0 Å². The van der Waals surface area contributed by atoms with Gasteiger partial charge in [0.05, 0.1) is 10.6 Å². The first-order valence-corrected chi connectivity index (χ1v) is 8.71. The summed E-state index contributed by atoms with van der Waals surface area (Å²) in [5.74, 6) is 0.0604. The average molecular weight is 300 g/mol. The molecule has 0 fully saturated rings. The van der Waals surface area contributed by atoms with Crippen LogP contribution in [0.1, 0.15) is 17.5 Å². The summed E-state index contributed by atoms with van der Waals surface area (Å²) in [6.45, 7) is 1.94. The van der Waals surface area contributed by atoms with Crippen LogP contribution in [0.3, 0.4) is 0 Å². The lowest BCUT2D eigenvalue weighted by atomic mass is 10.1. The van der Waals surface area contributed by atoms with Crippen molar-refractivity contribution >= 4 is 9.84 Å². The predicted octanol–water partition coefficient (Wildman–Crippen LogP) is 3.96. The maximum Gasteiger partial charge on any atom is 0.181 e. The second-order valence-electron chi connectivity index (χ2n) is 5.09. The first-order valence-electron chi connectivity index (χ1n) is 7.06. The molecule has 2 aromatic rings. The summed E-state index contributed by atoms with van der Waals surface area (Å²) in [4.78, 5) is 0.390. The van der Waals surface area contributed by atoms with E-state index in [2.05, 4.69) is 12.1 Å². The molecule has 0 heterocycles. The molecule has 0 aromatic heterocycles. The smallest absolute Gasteiger partial charge is 0.181 e. The average Bonchev–Trinajstić information content (AvgIpc) is 2.48. The van der Waals surface area contributed by atoms with Crippen LogP contribution in [0.4, 0.5) is 0 Å². The molecule has 2 nitrogen and oxygen atoms in total. The second-order valence-corrected chi connectivity index (χ2v) is 7.12. The van der Waals surface area contributed by atoms with E-state index >= 15 is 0 Å². The van der Waals surface area contributed by atoms with E-state index in [-0.39, 0.29) is 5.75 Å². The van der Waals surface area contributed by atoms with Crippen LogP contribution >= 0.6 is 0 Å². The summed E-state index contributed by atoms with van der Waals surface area (Å²) in [6, 6.07) is 17.2. The standard InChI is InChI=1S/C18H20O2S/c1-16-11-13-18(14-12-16)21(19,20)15-7-3-6-10-17-8-4-2-5-9-17/h2-5,7-9,11-14H,6,10,15H2,1H3/b7-3-. The highest BCUT2D eigenvalue weighted by molar-refractivity contribution is 7.91. The van der Waals surface area contributed by atoms with Crippen LogP contribution in [0.25, 0.3) is 0 Å². The Morgan fingerprint density at radius 3 is 2.24 bits per heavy atom. The Morgan fingerprint density at radius 1 is 0.905 bits per heavy atom. The number of rotatable bonds is 6. The zero-order valence-electron chi connectivity index (χ0n) is 12.2. The fraction of sp³-hybridized carbons (Fsp3) is 0.222. The van der Waals surface area contributed by atoms with Crippen LogP contribution in [-0.4, -0.2) is 14.2 Å². The van der Waals surface area contributed by atoms with Crippen LogP contribution in [0.15, 0.2) is 71.6 Å². The molecule has 0 saturated heterocycles. The molecule has 0 aliphatic rings. The molecule has 0 radical (unpaired) electrons. The van der Waals surface area contributed by atoms with E-state index in [4.69, 9.17) is 0 Å². The lowest BCUT2D eigenvalue weighted by molar-refractivity contribution is 0.599. The van der Waals surface area contributed by atoms with E-state index in [0.29, 0.717) is 4.90 Å². The highest BCUT2D eigenvalue weighted by Gasteiger charge is 2.11. The quantitative estimate of drug-likeness (QED) is 0.757. The van der Waals surface area contributed by atoms with Crippen LogP contribution < -0.4 is 0 Å². The molecule has 2 rings (SSSR count). The molecule has 21 heavy (non-hydrogen) atoms. The molecule has 3 heteroatoms. The molecule has 0 N–H and O–H groups in total. The third-order valence-corrected chi connectivity index (χ3v) is 4.93. The van der Waals surface area contributed by atoms with Crippen molar-refractivity contribution in [2.24, 2.45) is 0 Å². The Hall–Kier alpha value is -1.87. The Kier molecular flexibility index (Phi) is 5.34. The molecule has 0 atom stereocenters. The van der Waals surface area contributed by atoms with Gasteiger partial charge in [0.15, 0.2) is 9.84 Å². The van der Waals surface area contributed by atoms with Crippen molar-refractivity contribution < 1.29 is 8.42 Å². The second kappa shape index (κ2) is 7.23. The predicted molar refractivity (Wildman–Crippen MR) is 87.1 cm³/mol. The maximum absolute atomic E-state index is 12.1. The monoisotopic (exact) mass is 300 g/mol. The van der Waals surface area contributed by atoms with E-state index in [0.717, 1.165) is 18.4 Å². The maximum atomic E-state index is 12.1. The van der Waals surface area contributed by atoms with Crippen molar-refractivity contribution in [2.75, 3.05) is 5.75 Å². The van der Waals surface area contributed by atoms with Gasteiger partial charge in [0, 0.05) is 0 Å². The molecule has 2 aromatic carbocycles. The molecule has 0 amide bonds. The van der Waals surface area contributed by atoms with E-state index in [1.807, 2.05) is 43.3 Å². The van der Waals surface area contributed by atoms with Gasteiger partial charge in [0.1, 0.15) is 0 Å². The van der Waals surface area contributed by atoms with E-state index in [9.17, 15) is 8.42 Å².